The van der Waals surface area contributed by atoms with Crippen LogP contribution >= 0.6 is 0 Å². The maximum Gasteiger partial charge on any atom is 0.246 e. The van der Waals surface area contributed by atoms with E-state index in [0.717, 1.165) is 48.5 Å². The van der Waals surface area contributed by atoms with E-state index in [2.05, 4.69) is 58.5 Å². The van der Waals surface area contributed by atoms with Crippen LogP contribution in [0.2, 0.25) is 0 Å². The third-order valence-electron chi connectivity index (χ3n) is 19.6. The molecule has 118 heavy (non-hydrogen) atoms. The number of amides is 13. The molecule has 5 aliphatic heterocycles. The summed E-state index contributed by atoms with van der Waals surface area (Å²) in [5, 5.41) is 199. The van der Waals surface area contributed by atoms with Crippen LogP contribution in [0.25, 0.3) is 0 Å². The minimum atomic E-state index is -2.22. The van der Waals surface area contributed by atoms with Crippen molar-refractivity contribution in [1.29, 1.82) is 0 Å². The van der Waals surface area contributed by atoms with Crippen molar-refractivity contribution in [2.45, 2.75) is 289 Å². The molecule has 51 nitrogen and oxygen atoms in total. The van der Waals surface area contributed by atoms with Gasteiger partial charge in [-0.05, 0) is 59.9 Å². The lowest BCUT2D eigenvalue weighted by Crippen LogP contribution is -2.70. The van der Waals surface area contributed by atoms with Crippen molar-refractivity contribution >= 4 is 76.8 Å². The lowest BCUT2D eigenvalue weighted by atomic mass is 9.94. The zero-order chi connectivity index (χ0) is 88.9. The molecule has 34 atom stereocenters. The molecule has 0 bridgehead atoms. The van der Waals surface area contributed by atoms with Gasteiger partial charge in [0, 0.05) is 13.8 Å². The molecule has 51 heteroatoms. The number of carbonyl (C=O) groups excluding carboxylic acids is 13. The fourth-order valence-corrected chi connectivity index (χ4v) is 13.0. The molecule has 0 saturated carbocycles. The van der Waals surface area contributed by atoms with Crippen molar-refractivity contribution in [3.63, 3.8) is 0 Å². The molecule has 5 aliphatic rings. The molecule has 5 fully saturated rings. The van der Waals surface area contributed by atoms with Crippen molar-refractivity contribution in [2.24, 2.45) is 17.4 Å². The van der Waals surface area contributed by atoms with Gasteiger partial charge in [-0.25, -0.2) is 0 Å². The smallest absolute Gasteiger partial charge is 0.246 e. The zero-order valence-corrected chi connectivity index (χ0v) is 65.7. The molecular weight excluding hydrogens is 1590 g/mol. The van der Waals surface area contributed by atoms with Crippen LogP contribution in [0.4, 0.5) is 0 Å². The van der Waals surface area contributed by atoms with Gasteiger partial charge in [-0.3, -0.25) is 62.3 Å². The van der Waals surface area contributed by atoms with Gasteiger partial charge in [-0.15, -0.1) is 0 Å². The summed E-state index contributed by atoms with van der Waals surface area (Å²) < 4.78 is 47.4. The number of aliphatic hydroxyl groups excluding tert-OH is 16. The number of hydrogen-bond donors (Lipinski definition) is 30. The predicted octanol–water partition coefficient (Wildman–Crippen LogP) is -18.8. The summed E-state index contributed by atoms with van der Waals surface area (Å²) in [7, 11) is 0. The molecule has 0 unspecified atom stereocenters. The maximum atomic E-state index is 14.9. The summed E-state index contributed by atoms with van der Waals surface area (Å²) in [5.41, 5.74) is 10.7. The molecule has 0 aromatic heterocycles. The minimum absolute atomic E-state index is 0.182. The van der Waals surface area contributed by atoms with Crippen LogP contribution in [0, 0.1) is 5.92 Å². The normalized spacial score (nSPS) is 31.8. The highest BCUT2D eigenvalue weighted by Gasteiger charge is 2.56. The van der Waals surface area contributed by atoms with Gasteiger partial charge >= 0.3 is 0 Å². The Hall–Kier alpha value is -7.89. The van der Waals surface area contributed by atoms with Gasteiger partial charge in [-0.1, -0.05) is 13.8 Å². The third-order valence-corrected chi connectivity index (χ3v) is 19.6. The first-order valence-electron chi connectivity index (χ1n) is 37.6. The highest BCUT2D eigenvalue weighted by Crippen LogP contribution is 2.34. The summed E-state index contributed by atoms with van der Waals surface area (Å²) >= 11 is 0. The lowest BCUT2D eigenvalue weighted by molar-refractivity contribution is -0.359. The van der Waals surface area contributed by atoms with E-state index in [1.165, 1.54) is 13.8 Å². The van der Waals surface area contributed by atoms with E-state index in [9.17, 15) is 144 Å². The predicted molar refractivity (Wildman–Crippen MR) is 387 cm³/mol. The molecule has 674 valence electrons. The Labute approximate surface area is 673 Å². The second-order valence-corrected chi connectivity index (χ2v) is 29.4. The number of carbonyl (C=O) groups is 13. The highest BCUT2D eigenvalue weighted by molar-refractivity contribution is 6.00. The van der Waals surface area contributed by atoms with Crippen LogP contribution in [0.15, 0.2) is 0 Å². The highest BCUT2D eigenvalue weighted by atomic mass is 16.8. The molecule has 0 aromatic carbocycles. The van der Waals surface area contributed by atoms with E-state index < -0.39 is 336 Å². The Bertz CT molecular complexity index is 3380. The standard InChI is InChI=1S/C67H114N14O37/c1-20(2)37(54(69)101)77-62(109)40(24(6)89)79-58(105)30(14-82)75-55(102)21(3)71-57(104)29(13-36(68)92)74-60(107)38(22(4)87)78-59(106)31(15-83)76-61(108)39(23(5)88)80-63(110)41(81-56(103)28-11-10-12-70-28)25(7)112-65-43(73-27(9)91)53(118-67-51(100)49(98)45(94)33(17-85)114-67)46(95)35(116-65)19-111-64-42(72-26(8)90)47(96)52(34(18-86)115-64)117-66-50(99)48(97)44(93)32(16-84)113-66/h20-25,28-35,37-53,64-67,70,82-89,93-100H,10-19H2,1-9H3,(H2,68,92)(H2,69,101)(H,71,104)(H,72,90)(H,73,91)(H,74,107)(H,75,102)(H,76,108)(H,77,109)(H,78,106)(H,79,105)(H,80,110)(H,81,103)/t21-,22+,23+,24+,25+,28-,29-,30-,31-,32+,33+,34+,35+,37-,38-,39-,40-,41-,42+,43+,44-,45-,46-,47+,48-,49-,50+,51+,52+,53+,64+,65-,66-,67-/m0/s1. The quantitative estimate of drug-likeness (QED) is 0.0270. The molecule has 0 radical (unpaired) electrons. The van der Waals surface area contributed by atoms with Crippen LogP contribution in [0.1, 0.15) is 81.6 Å². The average molecular weight is 1710 g/mol. The van der Waals surface area contributed by atoms with Gasteiger partial charge in [0.2, 0.25) is 76.8 Å². The van der Waals surface area contributed by atoms with Crippen molar-refractivity contribution < 1.29 is 182 Å². The number of nitrogens with one attached hydrogen (secondary N) is 12. The van der Waals surface area contributed by atoms with Gasteiger partial charge < -0.3 is 195 Å². The minimum Gasteiger partial charge on any atom is -0.394 e. The Balaban J connectivity index is 1.40. The monoisotopic (exact) mass is 1710 g/mol. The van der Waals surface area contributed by atoms with E-state index in [1.807, 2.05) is 5.32 Å². The van der Waals surface area contributed by atoms with E-state index in [4.69, 9.17) is 49.4 Å². The first kappa shape index (κ1) is 101. The van der Waals surface area contributed by atoms with Crippen molar-refractivity contribution in [1.82, 2.24) is 63.8 Å². The Morgan fingerprint density at radius 1 is 0.432 bits per heavy atom. The first-order valence-corrected chi connectivity index (χ1v) is 37.6. The number of ether oxygens (including phenoxy) is 8. The summed E-state index contributed by atoms with van der Waals surface area (Å²) in [4.78, 5) is 175. The lowest BCUT2D eigenvalue weighted by Gasteiger charge is -2.49. The van der Waals surface area contributed by atoms with E-state index in [-0.39, 0.29) is 6.42 Å². The van der Waals surface area contributed by atoms with Gasteiger partial charge in [0.1, 0.15) is 152 Å². The van der Waals surface area contributed by atoms with Crippen LogP contribution in [0.5, 0.6) is 0 Å². The summed E-state index contributed by atoms with van der Waals surface area (Å²) in [6.07, 6.45) is -43.2. The number of primary amides is 2. The Morgan fingerprint density at radius 3 is 1.28 bits per heavy atom. The molecule has 0 aromatic rings. The van der Waals surface area contributed by atoms with E-state index >= 15 is 0 Å². The maximum absolute atomic E-state index is 14.9. The Kier molecular flexibility index (Phi) is 39.4. The molecule has 5 rings (SSSR count). The molecule has 5 saturated heterocycles. The van der Waals surface area contributed by atoms with E-state index in [1.54, 1.807) is 0 Å². The largest absolute Gasteiger partial charge is 0.394 e. The van der Waals surface area contributed by atoms with Crippen molar-refractivity contribution in [3.8, 4) is 0 Å². The number of hydrogen-bond acceptors (Lipinski definition) is 38. The topological polar surface area (TPSA) is 816 Å². The zero-order valence-electron chi connectivity index (χ0n) is 65.7. The van der Waals surface area contributed by atoms with Crippen LogP contribution in [0.3, 0.4) is 0 Å². The fourth-order valence-electron chi connectivity index (χ4n) is 13.0. The number of aliphatic hydroxyl groups is 16. The first-order chi connectivity index (χ1) is 55.3. The van der Waals surface area contributed by atoms with Gasteiger partial charge in [0.05, 0.1) is 76.5 Å². The van der Waals surface area contributed by atoms with Crippen molar-refractivity contribution in [3.05, 3.63) is 0 Å². The van der Waals surface area contributed by atoms with Crippen molar-refractivity contribution in [2.75, 3.05) is 46.2 Å². The fraction of sp³-hybridized carbons (Fsp3) is 0.806. The molecule has 32 N–H and O–H groups in total. The van der Waals surface area contributed by atoms with Gasteiger partial charge in [0.15, 0.2) is 25.2 Å². The molecular formula is C67H114N14O37. The molecule has 5 heterocycles. The number of nitrogens with two attached hydrogens (primary N) is 2. The summed E-state index contributed by atoms with van der Waals surface area (Å²) in [6.45, 7) is 3.94. The summed E-state index contributed by atoms with van der Waals surface area (Å²) in [6, 6.07) is -22.0. The molecule has 13 amide bonds. The van der Waals surface area contributed by atoms with Crippen LogP contribution in [-0.2, 0) is 100 Å². The SMILES string of the molecule is CC(=O)N[C@H]1[C@H](OC[C@H]2O[C@H](O[C@H](C)[C@H](NC(=O)[C@@H]3CCCN3)C(=O)N[C@H](C(=O)N[C@@H](CO)C(=O)N[C@H](C(=O)N[C@@H](CC(N)=O)C(=O)N[C@@H](C)C(=O)N[C@@H](CO)C(=O)N[C@H](C(=O)N[C@H](C(N)=O)C(C)C)[C@@H](C)O)[C@@H](C)O)[C@@H](C)O)[C@H](NC(C)=O)[C@@H](O[C@@H]3O[C@H](CO)[C@H](O)[C@H](O)[C@H]3O)[C@H]2O)O[C@H](CO)[C@@H](O[C@@H]2O[C@H](CO)[C@H](O)[C@H](O)[C@H]2O)[C@@H]1O. The van der Waals surface area contributed by atoms with Gasteiger partial charge in [0.25, 0.3) is 0 Å². The average Bonchev–Trinajstić information content (AvgIpc) is 0.820. The molecule has 0 aliphatic carbocycles. The molecule has 0 spiro atoms. The third kappa shape index (κ3) is 27.1. The van der Waals surface area contributed by atoms with Gasteiger partial charge in [-0.2, -0.15) is 0 Å². The van der Waals surface area contributed by atoms with E-state index in [0.29, 0.717) is 13.0 Å². The Morgan fingerprint density at radius 2 is 0.847 bits per heavy atom. The van der Waals surface area contributed by atoms with Crippen LogP contribution < -0.4 is 75.3 Å². The second-order valence-electron chi connectivity index (χ2n) is 29.4. The summed E-state index contributed by atoms with van der Waals surface area (Å²) in [5.74, 6) is -16.2. The van der Waals surface area contributed by atoms with Crippen LogP contribution in [-0.4, -0.2) is 412 Å². The number of rotatable bonds is 42. The second kappa shape index (κ2) is 46.2.